The monoisotopic (exact) mass is 251 g/mol. The van der Waals surface area contributed by atoms with E-state index in [1.54, 1.807) is 0 Å². The first-order valence-electron chi connectivity index (χ1n) is 7.45. The highest BCUT2D eigenvalue weighted by atomic mass is 15.3. The fourth-order valence-electron chi connectivity index (χ4n) is 2.27. The Hall–Kier alpha value is -0.830. The van der Waals surface area contributed by atoms with Gasteiger partial charge in [0.05, 0.1) is 5.69 Å². The smallest absolute Gasteiger partial charge is 0.0638 e. The van der Waals surface area contributed by atoms with Crippen LogP contribution in [0, 0.1) is 6.92 Å². The second-order valence-corrected chi connectivity index (χ2v) is 5.15. The average Bonchev–Trinajstić information content (AvgIpc) is 2.70. The van der Waals surface area contributed by atoms with Gasteiger partial charge in [-0.3, -0.25) is 4.68 Å². The van der Waals surface area contributed by atoms with Crippen molar-refractivity contribution in [1.82, 2.24) is 15.1 Å². The van der Waals surface area contributed by atoms with Gasteiger partial charge in [-0.05, 0) is 20.4 Å². The number of nitrogens with zero attached hydrogens (tertiary/aromatic N) is 2. The van der Waals surface area contributed by atoms with Crippen LogP contribution in [0.15, 0.2) is 6.20 Å². The van der Waals surface area contributed by atoms with E-state index >= 15 is 0 Å². The van der Waals surface area contributed by atoms with Crippen molar-refractivity contribution >= 4 is 0 Å². The van der Waals surface area contributed by atoms with Crippen molar-refractivity contribution in [3.8, 4) is 0 Å². The standard InChI is InChI=1S/C15H29N3/c1-4-5-6-7-8-9-10-11-18-13-15(12-16-3)14(2)17-18/h13,16H,4-12H2,1-3H3. The molecule has 0 fully saturated rings. The number of nitrogens with one attached hydrogen (secondary N) is 1. The Bertz CT molecular complexity index is 318. The average molecular weight is 251 g/mol. The van der Waals surface area contributed by atoms with Crippen molar-refractivity contribution in [2.24, 2.45) is 0 Å². The van der Waals surface area contributed by atoms with Crippen molar-refractivity contribution in [1.29, 1.82) is 0 Å². The highest BCUT2D eigenvalue weighted by Crippen LogP contribution is 2.09. The van der Waals surface area contributed by atoms with Crippen LogP contribution in [-0.2, 0) is 13.1 Å². The molecule has 1 N–H and O–H groups in total. The van der Waals surface area contributed by atoms with Gasteiger partial charge in [0.15, 0.2) is 0 Å². The summed E-state index contributed by atoms with van der Waals surface area (Å²) < 4.78 is 2.11. The van der Waals surface area contributed by atoms with Gasteiger partial charge in [-0.2, -0.15) is 5.10 Å². The molecule has 0 aliphatic rings. The van der Waals surface area contributed by atoms with Gasteiger partial charge in [0.2, 0.25) is 0 Å². The highest BCUT2D eigenvalue weighted by Gasteiger charge is 2.03. The first-order chi connectivity index (χ1) is 8.77. The van der Waals surface area contributed by atoms with E-state index in [0.717, 1.165) is 18.8 Å². The molecule has 0 aromatic carbocycles. The third-order valence-corrected chi connectivity index (χ3v) is 3.41. The Balaban J connectivity index is 2.13. The molecule has 104 valence electrons. The lowest BCUT2D eigenvalue weighted by Crippen LogP contribution is -2.05. The third kappa shape index (κ3) is 5.67. The normalized spacial score (nSPS) is 11.1. The molecule has 0 atom stereocenters. The van der Waals surface area contributed by atoms with E-state index < -0.39 is 0 Å². The van der Waals surface area contributed by atoms with Gasteiger partial charge in [-0.25, -0.2) is 0 Å². The summed E-state index contributed by atoms with van der Waals surface area (Å²) in [5, 5.41) is 7.73. The van der Waals surface area contributed by atoms with E-state index in [4.69, 9.17) is 0 Å². The molecule has 0 spiro atoms. The molecular weight excluding hydrogens is 222 g/mol. The van der Waals surface area contributed by atoms with Crippen LogP contribution in [0.2, 0.25) is 0 Å². The van der Waals surface area contributed by atoms with Crippen molar-refractivity contribution in [2.45, 2.75) is 71.9 Å². The topological polar surface area (TPSA) is 29.9 Å². The minimum absolute atomic E-state index is 0.919. The minimum atomic E-state index is 0.919. The molecule has 0 unspecified atom stereocenters. The fraction of sp³-hybridized carbons (Fsp3) is 0.800. The van der Waals surface area contributed by atoms with E-state index in [1.807, 2.05) is 7.05 Å². The first-order valence-corrected chi connectivity index (χ1v) is 7.45. The zero-order valence-corrected chi connectivity index (χ0v) is 12.3. The molecule has 0 amide bonds. The van der Waals surface area contributed by atoms with Crippen molar-refractivity contribution in [3.63, 3.8) is 0 Å². The van der Waals surface area contributed by atoms with Crippen molar-refractivity contribution < 1.29 is 0 Å². The van der Waals surface area contributed by atoms with Crippen molar-refractivity contribution in [2.75, 3.05) is 7.05 Å². The predicted molar refractivity (Wildman–Crippen MR) is 77.7 cm³/mol. The van der Waals surface area contributed by atoms with Gasteiger partial charge in [0.25, 0.3) is 0 Å². The molecule has 0 radical (unpaired) electrons. The number of rotatable bonds is 10. The summed E-state index contributed by atoms with van der Waals surface area (Å²) >= 11 is 0. The molecule has 0 saturated carbocycles. The Morgan fingerprint density at radius 1 is 1.11 bits per heavy atom. The van der Waals surface area contributed by atoms with Crippen LogP contribution in [-0.4, -0.2) is 16.8 Å². The van der Waals surface area contributed by atoms with E-state index in [0.29, 0.717) is 0 Å². The predicted octanol–water partition coefficient (Wildman–Crippen LogP) is 3.66. The Morgan fingerprint density at radius 3 is 2.44 bits per heavy atom. The minimum Gasteiger partial charge on any atom is -0.316 e. The van der Waals surface area contributed by atoms with E-state index in [-0.39, 0.29) is 0 Å². The summed E-state index contributed by atoms with van der Waals surface area (Å²) in [7, 11) is 1.98. The maximum Gasteiger partial charge on any atom is 0.0638 e. The zero-order chi connectivity index (χ0) is 13.2. The van der Waals surface area contributed by atoms with Crippen LogP contribution in [0.5, 0.6) is 0 Å². The highest BCUT2D eigenvalue weighted by molar-refractivity contribution is 5.14. The van der Waals surface area contributed by atoms with Gasteiger partial charge in [0.1, 0.15) is 0 Å². The molecule has 1 aromatic rings. The second-order valence-electron chi connectivity index (χ2n) is 5.15. The van der Waals surface area contributed by atoms with Gasteiger partial charge >= 0.3 is 0 Å². The molecule has 0 aliphatic carbocycles. The van der Waals surface area contributed by atoms with Gasteiger partial charge in [-0.1, -0.05) is 45.4 Å². The van der Waals surface area contributed by atoms with Crippen LogP contribution < -0.4 is 5.32 Å². The molecule has 1 rings (SSSR count). The van der Waals surface area contributed by atoms with Crippen LogP contribution >= 0.6 is 0 Å². The van der Waals surface area contributed by atoms with Crippen LogP contribution in [0.25, 0.3) is 0 Å². The summed E-state index contributed by atoms with van der Waals surface area (Å²) in [6.45, 7) is 6.35. The van der Waals surface area contributed by atoms with Gasteiger partial charge in [0, 0.05) is 24.8 Å². The quantitative estimate of drug-likeness (QED) is 0.643. The Kier molecular flexibility index (Phi) is 7.74. The lowest BCUT2D eigenvalue weighted by Gasteiger charge is -2.02. The van der Waals surface area contributed by atoms with E-state index in [1.165, 1.54) is 50.5 Å². The van der Waals surface area contributed by atoms with Crippen molar-refractivity contribution in [3.05, 3.63) is 17.5 Å². The molecule has 3 nitrogen and oxygen atoms in total. The molecule has 0 saturated heterocycles. The lowest BCUT2D eigenvalue weighted by molar-refractivity contribution is 0.521. The Morgan fingerprint density at radius 2 is 1.78 bits per heavy atom. The zero-order valence-electron chi connectivity index (χ0n) is 12.3. The van der Waals surface area contributed by atoms with Crippen LogP contribution in [0.3, 0.4) is 0 Å². The number of unbranched alkanes of at least 4 members (excludes halogenated alkanes) is 6. The molecule has 1 aromatic heterocycles. The summed E-state index contributed by atoms with van der Waals surface area (Å²) in [5.41, 5.74) is 2.48. The number of hydrogen-bond acceptors (Lipinski definition) is 2. The fourth-order valence-corrected chi connectivity index (χ4v) is 2.27. The summed E-state index contributed by atoms with van der Waals surface area (Å²) in [4.78, 5) is 0. The maximum atomic E-state index is 4.55. The van der Waals surface area contributed by atoms with Gasteiger partial charge < -0.3 is 5.32 Å². The number of aromatic nitrogens is 2. The van der Waals surface area contributed by atoms with E-state index in [9.17, 15) is 0 Å². The Labute approximate surface area is 112 Å². The number of hydrogen-bond donors (Lipinski definition) is 1. The first kappa shape index (κ1) is 15.2. The van der Waals surface area contributed by atoms with Gasteiger partial charge in [-0.15, -0.1) is 0 Å². The number of aryl methyl sites for hydroxylation is 2. The molecule has 0 aliphatic heterocycles. The summed E-state index contributed by atoms with van der Waals surface area (Å²) in [6.07, 6.45) is 11.7. The summed E-state index contributed by atoms with van der Waals surface area (Å²) in [5.74, 6) is 0. The summed E-state index contributed by atoms with van der Waals surface area (Å²) in [6, 6.07) is 0. The molecule has 1 heterocycles. The molecule has 18 heavy (non-hydrogen) atoms. The third-order valence-electron chi connectivity index (χ3n) is 3.41. The largest absolute Gasteiger partial charge is 0.316 e. The van der Waals surface area contributed by atoms with Crippen LogP contribution in [0.4, 0.5) is 0 Å². The molecular formula is C15H29N3. The van der Waals surface area contributed by atoms with Crippen LogP contribution in [0.1, 0.15) is 63.1 Å². The van der Waals surface area contributed by atoms with E-state index in [2.05, 4.69) is 35.1 Å². The molecule has 3 heteroatoms. The maximum absolute atomic E-state index is 4.55. The SMILES string of the molecule is CCCCCCCCCn1cc(CNC)c(C)n1. The second kappa shape index (κ2) is 9.15. The molecule has 0 bridgehead atoms. The lowest BCUT2D eigenvalue weighted by atomic mass is 10.1.